The van der Waals surface area contributed by atoms with E-state index in [2.05, 4.69) is 0 Å². The fraction of sp³-hybridized carbons (Fsp3) is 0.636. The monoisotopic (exact) mass is 212 g/mol. The van der Waals surface area contributed by atoms with Gasteiger partial charge in [-0.05, 0) is 18.6 Å². The average molecular weight is 212 g/mol. The molecule has 4 nitrogen and oxygen atoms in total. The van der Waals surface area contributed by atoms with E-state index in [1.54, 1.807) is 12.2 Å². The molecule has 0 saturated heterocycles. The number of carbonyl (C=O) groups is 2. The van der Waals surface area contributed by atoms with E-state index in [0.717, 1.165) is 0 Å². The molecule has 0 bridgehead atoms. The Labute approximate surface area is 89.2 Å². The SMILES string of the molecule is CC(=O)O[C@H]1C=C[C@@H](OC(C)=O)[C@H](C)C1. The lowest BCUT2D eigenvalue weighted by atomic mass is 9.91. The Morgan fingerprint density at radius 3 is 2.20 bits per heavy atom. The predicted molar refractivity (Wildman–Crippen MR) is 54.0 cm³/mol. The molecule has 0 unspecified atom stereocenters. The normalized spacial score (nSPS) is 29.7. The van der Waals surface area contributed by atoms with E-state index in [9.17, 15) is 9.59 Å². The lowest BCUT2D eigenvalue weighted by molar-refractivity contribution is -0.151. The number of hydrogen-bond acceptors (Lipinski definition) is 4. The summed E-state index contributed by atoms with van der Waals surface area (Å²) in [4.78, 5) is 21.5. The highest BCUT2D eigenvalue weighted by Gasteiger charge is 2.26. The predicted octanol–water partition coefficient (Wildman–Crippen LogP) is 1.45. The molecule has 1 aliphatic carbocycles. The van der Waals surface area contributed by atoms with Gasteiger partial charge in [-0.1, -0.05) is 6.92 Å². The van der Waals surface area contributed by atoms with Gasteiger partial charge >= 0.3 is 11.9 Å². The maximum Gasteiger partial charge on any atom is 0.303 e. The third kappa shape index (κ3) is 3.73. The molecule has 0 aromatic carbocycles. The molecule has 0 spiro atoms. The Kier molecular flexibility index (Phi) is 3.88. The van der Waals surface area contributed by atoms with Crippen LogP contribution in [0.4, 0.5) is 0 Å². The quantitative estimate of drug-likeness (QED) is 0.513. The third-order valence-corrected chi connectivity index (χ3v) is 2.30. The molecule has 1 rings (SSSR count). The molecular weight excluding hydrogens is 196 g/mol. The van der Waals surface area contributed by atoms with Gasteiger partial charge in [-0.25, -0.2) is 0 Å². The van der Waals surface area contributed by atoms with Gasteiger partial charge in [0, 0.05) is 19.8 Å². The van der Waals surface area contributed by atoms with E-state index in [4.69, 9.17) is 9.47 Å². The Morgan fingerprint density at radius 1 is 1.13 bits per heavy atom. The highest BCUT2D eigenvalue weighted by atomic mass is 16.5. The molecule has 0 heterocycles. The summed E-state index contributed by atoms with van der Waals surface area (Å²) < 4.78 is 10.1. The van der Waals surface area contributed by atoms with E-state index in [-0.39, 0.29) is 30.1 Å². The van der Waals surface area contributed by atoms with Gasteiger partial charge in [0.2, 0.25) is 0 Å². The second-order valence-electron chi connectivity index (χ2n) is 3.82. The average Bonchev–Trinajstić information content (AvgIpc) is 2.08. The van der Waals surface area contributed by atoms with E-state index in [0.29, 0.717) is 6.42 Å². The van der Waals surface area contributed by atoms with Crippen LogP contribution in [0.25, 0.3) is 0 Å². The van der Waals surface area contributed by atoms with Gasteiger partial charge in [0.1, 0.15) is 12.2 Å². The van der Waals surface area contributed by atoms with E-state index in [1.165, 1.54) is 13.8 Å². The zero-order valence-electron chi connectivity index (χ0n) is 9.23. The Hall–Kier alpha value is -1.32. The highest BCUT2D eigenvalue weighted by Crippen LogP contribution is 2.23. The minimum Gasteiger partial charge on any atom is -0.458 e. The van der Waals surface area contributed by atoms with Crippen LogP contribution in [0.5, 0.6) is 0 Å². The van der Waals surface area contributed by atoms with Gasteiger partial charge in [0.15, 0.2) is 0 Å². The minimum absolute atomic E-state index is 0.170. The van der Waals surface area contributed by atoms with E-state index in [1.807, 2.05) is 6.92 Å². The van der Waals surface area contributed by atoms with E-state index < -0.39 is 0 Å². The zero-order valence-corrected chi connectivity index (χ0v) is 9.23. The van der Waals surface area contributed by atoms with Crippen molar-refractivity contribution in [3.8, 4) is 0 Å². The zero-order chi connectivity index (χ0) is 11.4. The summed E-state index contributed by atoms with van der Waals surface area (Å²) in [6, 6.07) is 0. The summed E-state index contributed by atoms with van der Waals surface area (Å²) in [6.07, 6.45) is 3.85. The van der Waals surface area contributed by atoms with Crippen molar-refractivity contribution in [2.75, 3.05) is 0 Å². The number of esters is 2. The fourth-order valence-corrected chi connectivity index (χ4v) is 1.65. The fourth-order valence-electron chi connectivity index (χ4n) is 1.65. The summed E-state index contributed by atoms with van der Waals surface area (Å²) >= 11 is 0. The first-order valence-electron chi connectivity index (χ1n) is 5.02. The Balaban J connectivity index is 2.54. The van der Waals surface area contributed by atoms with Gasteiger partial charge < -0.3 is 9.47 Å². The lowest BCUT2D eigenvalue weighted by Gasteiger charge is -2.28. The molecule has 0 radical (unpaired) electrons. The summed E-state index contributed by atoms with van der Waals surface area (Å²) in [5.41, 5.74) is 0. The molecule has 1 aliphatic rings. The van der Waals surface area contributed by atoms with Gasteiger partial charge in [0.05, 0.1) is 0 Å². The highest BCUT2D eigenvalue weighted by molar-refractivity contribution is 5.67. The maximum absolute atomic E-state index is 10.8. The summed E-state index contributed by atoms with van der Waals surface area (Å²) in [7, 11) is 0. The summed E-state index contributed by atoms with van der Waals surface area (Å²) in [5, 5.41) is 0. The molecule has 0 fully saturated rings. The van der Waals surface area contributed by atoms with Crippen molar-refractivity contribution in [1.29, 1.82) is 0 Å². The molecular formula is C11H16O4. The topological polar surface area (TPSA) is 52.6 Å². The molecule has 0 saturated carbocycles. The number of carbonyl (C=O) groups excluding carboxylic acids is 2. The largest absolute Gasteiger partial charge is 0.458 e. The van der Waals surface area contributed by atoms with Crippen molar-refractivity contribution < 1.29 is 19.1 Å². The first-order chi connectivity index (χ1) is 6.99. The molecule has 3 atom stereocenters. The van der Waals surface area contributed by atoms with Gasteiger partial charge in [-0.15, -0.1) is 0 Å². The first kappa shape index (κ1) is 11.8. The minimum atomic E-state index is -0.289. The van der Waals surface area contributed by atoms with Crippen molar-refractivity contribution in [3.05, 3.63) is 12.2 Å². The number of ether oxygens (including phenoxy) is 2. The molecule has 4 heteroatoms. The molecule has 0 amide bonds. The molecule has 0 aromatic heterocycles. The van der Waals surface area contributed by atoms with Crippen molar-refractivity contribution in [1.82, 2.24) is 0 Å². The second kappa shape index (κ2) is 4.96. The van der Waals surface area contributed by atoms with Crippen LogP contribution in [0.2, 0.25) is 0 Å². The van der Waals surface area contributed by atoms with Crippen LogP contribution in [0, 0.1) is 5.92 Å². The van der Waals surface area contributed by atoms with Crippen LogP contribution >= 0.6 is 0 Å². The van der Waals surface area contributed by atoms with Crippen LogP contribution in [-0.2, 0) is 19.1 Å². The van der Waals surface area contributed by atoms with Gasteiger partial charge in [0.25, 0.3) is 0 Å². The third-order valence-electron chi connectivity index (χ3n) is 2.30. The van der Waals surface area contributed by atoms with Crippen LogP contribution in [0.3, 0.4) is 0 Å². The van der Waals surface area contributed by atoms with Gasteiger partial charge in [-0.2, -0.15) is 0 Å². The van der Waals surface area contributed by atoms with Crippen molar-refractivity contribution in [3.63, 3.8) is 0 Å². The van der Waals surface area contributed by atoms with Crippen molar-refractivity contribution >= 4 is 11.9 Å². The molecule has 15 heavy (non-hydrogen) atoms. The maximum atomic E-state index is 10.8. The van der Waals surface area contributed by atoms with Crippen molar-refractivity contribution in [2.24, 2.45) is 5.92 Å². The van der Waals surface area contributed by atoms with Crippen LogP contribution in [0.15, 0.2) is 12.2 Å². The molecule has 0 aromatic rings. The van der Waals surface area contributed by atoms with Crippen LogP contribution in [-0.4, -0.2) is 24.1 Å². The Morgan fingerprint density at radius 2 is 1.73 bits per heavy atom. The Bertz CT molecular complexity index is 282. The lowest BCUT2D eigenvalue weighted by Crippen LogP contribution is -2.31. The van der Waals surface area contributed by atoms with Crippen molar-refractivity contribution in [2.45, 2.75) is 39.4 Å². The number of rotatable bonds is 2. The smallest absolute Gasteiger partial charge is 0.303 e. The van der Waals surface area contributed by atoms with Crippen LogP contribution < -0.4 is 0 Å². The number of hydrogen-bond donors (Lipinski definition) is 0. The summed E-state index contributed by atoms with van der Waals surface area (Å²) in [5.74, 6) is -0.409. The summed E-state index contributed by atoms with van der Waals surface area (Å²) in [6.45, 7) is 4.74. The molecule has 0 N–H and O–H groups in total. The standard InChI is InChI=1S/C11H16O4/c1-7-6-10(14-8(2)12)4-5-11(7)15-9(3)13/h4-5,7,10-11H,6H2,1-3H3/t7-,10+,11-/m1/s1. The second-order valence-corrected chi connectivity index (χ2v) is 3.82. The first-order valence-corrected chi connectivity index (χ1v) is 5.02. The van der Waals surface area contributed by atoms with E-state index >= 15 is 0 Å². The van der Waals surface area contributed by atoms with Crippen LogP contribution in [0.1, 0.15) is 27.2 Å². The van der Waals surface area contributed by atoms with Gasteiger partial charge in [-0.3, -0.25) is 9.59 Å². The molecule has 0 aliphatic heterocycles. The molecule has 84 valence electrons.